The van der Waals surface area contributed by atoms with Crippen LogP contribution in [0.1, 0.15) is 11.1 Å². The third kappa shape index (κ3) is 3.26. The lowest BCUT2D eigenvalue weighted by atomic mass is 10.0. The van der Waals surface area contributed by atoms with E-state index in [0.717, 1.165) is 15.6 Å². The summed E-state index contributed by atoms with van der Waals surface area (Å²) in [6.07, 6.45) is 1.18. The molecule has 0 unspecified atom stereocenters. The molecule has 4 nitrogen and oxygen atoms in total. The second-order valence-corrected chi connectivity index (χ2v) is 7.21. The standard InChI is InChI=1S/C14H13BrN2O2S/c1-20(18,19)13-8-4-11(5-9-13)14(17-16)10-2-6-12(15)7-3-10/h2-9H,16H2,1H3. The van der Waals surface area contributed by atoms with Gasteiger partial charge < -0.3 is 5.84 Å². The molecule has 0 saturated carbocycles. The second kappa shape index (κ2) is 5.76. The van der Waals surface area contributed by atoms with Crippen molar-refractivity contribution in [3.8, 4) is 0 Å². The van der Waals surface area contributed by atoms with E-state index in [1.54, 1.807) is 24.3 Å². The van der Waals surface area contributed by atoms with Gasteiger partial charge in [0.15, 0.2) is 9.84 Å². The zero-order valence-corrected chi connectivity index (χ0v) is 13.1. The largest absolute Gasteiger partial charge is 0.323 e. The van der Waals surface area contributed by atoms with E-state index in [1.165, 1.54) is 6.26 Å². The van der Waals surface area contributed by atoms with Gasteiger partial charge in [0.05, 0.1) is 10.6 Å². The topological polar surface area (TPSA) is 72.5 Å². The normalized spacial score (nSPS) is 12.4. The van der Waals surface area contributed by atoms with Gasteiger partial charge in [-0.25, -0.2) is 8.42 Å². The number of hydrazone groups is 1. The van der Waals surface area contributed by atoms with Gasteiger partial charge in [-0.05, 0) is 24.3 Å². The average molecular weight is 353 g/mol. The monoisotopic (exact) mass is 352 g/mol. The molecule has 0 spiro atoms. The second-order valence-electron chi connectivity index (χ2n) is 4.28. The Kier molecular flexibility index (Phi) is 4.25. The molecule has 0 radical (unpaired) electrons. The molecule has 0 saturated heterocycles. The van der Waals surface area contributed by atoms with E-state index in [0.29, 0.717) is 5.71 Å². The summed E-state index contributed by atoms with van der Waals surface area (Å²) in [5, 5.41) is 3.80. The fourth-order valence-electron chi connectivity index (χ4n) is 1.78. The van der Waals surface area contributed by atoms with Crippen molar-refractivity contribution in [3.05, 3.63) is 64.1 Å². The van der Waals surface area contributed by atoms with E-state index in [2.05, 4.69) is 21.0 Å². The number of nitrogens with two attached hydrogens (primary N) is 1. The molecule has 6 heteroatoms. The van der Waals surface area contributed by atoms with Gasteiger partial charge in [0.1, 0.15) is 0 Å². The van der Waals surface area contributed by atoms with Gasteiger partial charge in [0, 0.05) is 21.9 Å². The SMILES string of the molecule is CS(=O)(=O)c1ccc(C(=NN)c2ccc(Br)cc2)cc1. The van der Waals surface area contributed by atoms with Crippen molar-refractivity contribution in [1.82, 2.24) is 0 Å². The molecule has 2 aromatic rings. The Hall–Kier alpha value is -1.66. The van der Waals surface area contributed by atoms with E-state index in [4.69, 9.17) is 5.84 Å². The average Bonchev–Trinajstić information content (AvgIpc) is 2.41. The molecule has 0 aromatic heterocycles. The van der Waals surface area contributed by atoms with Crippen LogP contribution in [0.15, 0.2) is 63.0 Å². The summed E-state index contributed by atoms with van der Waals surface area (Å²) in [5.41, 5.74) is 2.24. The molecule has 0 bridgehead atoms. The van der Waals surface area contributed by atoms with Crippen molar-refractivity contribution >= 4 is 31.5 Å². The zero-order valence-electron chi connectivity index (χ0n) is 10.7. The van der Waals surface area contributed by atoms with Crippen molar-refractivity contribution < 1.29 is 8.42 Å². The minimum absolute atomic E-state index is 0.272. The Balaban J connectivity index is 2.41. The molecule has 0 heterocycles. The molecular weight excluding hydrogens is 340 g/mol. The highest BCUT2D eigenvalue weighted by atomic mass is 79.9. The number of sulfone groups is 1. The van der Waals surface area contributed by atoms with Gasteiger partial charge in [-0.15, -0.1) is 0 Å². The summed E-state index contributed by atoms with van der Waals surface area (Å²) in [6, 6.07) is 14.1. The molecule has 20 heavy (non-hydrogen) atoms. The van der Waals surface area contributed by atoms with Crippen LogP contribution in [0.4, 0.5) is 0 Å². The van der Waals surface area contributed by atoms with Crippen molar-refractivity contribution in [3.63, 3.8) is 0 Å². The lowest BCUT2D eigenvalue weighted by Crippen LogP contribution is -2.07. The predicted octanol–water partition coefficient (Wildman–Crippen LogP) is 2.56. The first-order chi connectivity index (χ1) is 9.41. The van der Waals surface area contributed by atoms with Crippen molar-refractivity contribution in [1.29, 1.82) is 0 Å². The maximum absolute atomic E-state index is 11.4. The van der Waals surface area contributed by atoms with Crippen LogP contribution in [0, 0.1) is 0 Å². The molecule has 0 fully saturated rings. The third-order valence-corrected chi connectivity index (χ3v) is 4.46. The summed E-state index contributed by atoms with van der Waals surface area (Å²) in [7, 11) is -3.20. The van der Waals surface area contributed by atoms with Crippen molar-refractivity contribution in [2.75, 3.05) is 6.26 Å². The molecule has 2 aromatic carbocycles. The minimum Gasteiger partial charge on any atom is -0.323 e. The van der Waals surface area contributed by atoms with E-state index >= 15 is 0 Å². The Bertz CT molecular complexity index is 736. The number of nitrogens with zero attached hydrogens (tertiary/aromatic N) is 1. The number of hydrogen-bond donors (Lipinski definition) is 1. The maximum atomic E-state index is 11.4. The first-order valence-corrected chi connectivity index (χ1v) is 8.44. The van der Waals surface area contributed by atoms with E-state index in [-0.39, 0.29) is 4.90 Å². The van der Waals surface area contributed by atoms with Crippen LogP contribution in [0.2, 0.25) is 0 Å². The first-order valence-electron chi connectivity index (χ1n) is 5.76. The molecule has 2 rings (SSSR count). The predicted molar refractivity (Wildman–Crippen MR) is 83.5 cm³/mol. The van der Waals surface area contributed by atoms with Crippen LogP contribution < -0.4 is 5.84 Å². The maximum Gasteiger partial charge on any atom is 0.175 e. The van der Waals surface area contributed by atoms with Gasteiger partial charge in [-0.3, -0.25) is 0 Å². The van der Waals surface area contributed by atoms with Crippen LogP contribution in [0.3, 0.4) is 0 Å². The number of halogens is 1. The van der Waals surface area contributed by atoms with Crippen LogP contribution in [-0.4, -0.2) is 20.4 Å². The number of hydrogen-bond acceptors (Lipinski definition) is 4. The molecule has 104 valence electrons. The Morgan fingerprint density at radius 1 is 1.00 bits per heavy atom. The first kappa shape index (κ1) is 14.7. The fraction of sp³-hybridized carbons (Fsp3) is 0.0714. The molecule has 0 amide bonds. The smallest absolute Gasteiger partial charge is 0.175 e. The van der Waals surface area contributed by atoms with E-state index < -0.39 is 9.84 Å². The fourth-order valence-corrected chi connectivity index (χ4v) is 2.68. The van der Waals surface area contributed by atoms with E-state index in [9.17, 15) is 8.42 Å². The van der Waals surface area contributed by atoms with Crippen LogP contribution in [0.5, 0.6) is 0 Å². The Labute approximate surface area is 126 Å². The summed E-state index contributed by atoms with van der Waals surface area (Å²) in [5.74, 6) is 5.46. The zero-order chi connectivity index (χ0) is 14.8. The number of benzene rings is 2. The highest BCUT2D eigenvalue weighted by Crippen LogP contribution is 2.17. The van der Waals surface area contributed by atoms with Gasteiger partial charge >= 0.3 is 0 Å². The summed E-state index contributed by atoms with van der Waals surface area (Å²) in [4.78, 5) is 0.272. The molecule has 0 aliphatic heterocycles. The Morgan fingerprint density at radius 2 is 1.45 bits per heavy atom. The molecule has 0 atom stereocenters. The molecular formula is C14H13BrN2O2S. The van der Waals surface area contributed by atoms with Crippen LogP contribution in [-0.2, 0) is 9.84 Å². The quantitative estimate of drug-likeness (QED) is 0.524. The summed E-state index contributed by atoms with van der Waals surface area (Å²) in [6.45, 7) is 0. The lowest BCUT2D eigenvalue weighted by molar-refractivity contribution is 0.602. The highest BCUT2D eigenvalue weighted by molar-refractivity contribution is 9.10. The van der Waals surface area contributed by atoms with E-state index in [1.807, 2.05) is 24.3 Å². The molecule has 0 aliphatic carbocycles. The van der Waals surface area contributed by atoms with Crippen molar-refractivity contribution in [2.24, 2.45) is 10.9 Å². The van der Waals surface area contributed by atoms with Crippen molar-refractivity contribution in [2.45, 2.75) is 4.90 Å². The number of rotatable bonds is 3. The van der Waals surface area contributed by atoms with Crippen LogP contribution in [0.25, 0.3) is 0 Å². The Morgan fingerprint density at radius 3 is 1.85 bits per heavy atom. The molecule has 2 N–H and O–H groups in total. The van der Waals surface area contributed by atoms with Gasteiger partial charge in [0.2, 0.25) is 0 Å². The summed E-state index contributed by atoms with van der Waals surface area (Å²) < 4.78 is 23.8. The third-order valence-electron chi connectivity index (χ3n) is 2.80. The van der Waals surface area contributed by atoms with Crippen LogP contribution >= 0.6 is 15.9 Å². The van der Waals surface area contributed by atoms with Gasteiger partial charge in [-0.2, -0.15) is 5.10 Å². The van der Waals surface area contributed by atoms with Gasteiger partial charge in [0.25, 0.3) is 0 Å². The minimum atomic E-state index is -3.20. The van der Waals surface area contributed by atoms with Gasteiger partial charge in [-0.1, -0.05) is 40.2 Å². The summed E-state index contributed by atoms with van der Waals surface area (Å²) >= 11 is 3.37. The highest BCUT2D eigenvalue weighted by Gasteiger charge is 2.10. The molecule has 0 aliphatic rings. The lowest BCUT2D eigenvalue weighted by Gasteiger charge is -2.07.